The molecule has 3 heterocycles. The summed E-state index contributed by atoms with van der Waals surface area (Å²) in [5, 5.41) is 3.03. The van der Waals surface area contributed by atoms with E-state index in [2.05, 4.69) is 52.5 Å². The molecule has 1 amide bonds. The van der Waals surface area contributed by atoms with E-state index in [1.807, 2.05) is 21.0 Å². The number of hydrogen-bond donors (Lipinski definition) is 1. The fourth-order valence-corrected chi connectivity index (χ4v) is 12.3. The van der Waals surface area contributed by atoms with Crippen LogP contribution in [0.5, 0.6) is 0 Å². The van der Waals surface area contributed by atoms with Crippen LogP contribution in [0.25, 0.3) is 4.85 Å². The second kappa shape index (κ2) is 34.4. The maximum Gasteiger partial charge on any atom is 0.351 e. The van der Waals surface area contributed by atoms with E-state index in [1.165, 1.54) is 4.57 Å². The molecule has 0 aliphatic carbocycles. The molecule has 6 rings (SSSR count). The van der Waals surface area contributed by atoms with Gasteiger partial charge in [0.2, 0.25) is 12.5 Å². The van der Waals surface area contributed by atoms with Crippen LogP contribution in [0.1, 0.15) is 137 Å². The minimum atomic E-state index is -1.19. The number of carbonyl (C=O) groups is 4. The van der Waals surface area contributed by atoms with Gasteiger partial charge in [-0.1, -0.05) is 81.3 Å². The summed E-state index contributed by atoms with van der Waals surface area (Å²) in [5.74, 6) is -2.39. The number of nitrogens with one attached hydrogen (secondary N) is 1. The molecule has 2 fully saturated rings. The monoisotopic (exact) mass is 1170 g/mol. The average molecular weight is 1170 g/mol. The first-order chi connectivity index (χ1) is 40.1. The standard InChI is InChI=1S/C62H84N7O13P/c1-10-49-55(82-83(40-26-35-63-7)69(43(2)3)44(4)5)56(57(78-49)68-37-34-51(66-62(68)74)65-42-67(8)9)75-38-24-12-11-23-36-64-52(70)33-22-25-39-76-61-45(6)53(80-59(72)47-29-18-14-19-30-47)54(81-60(73)48-31-20-15-21-32-48)50(79-61)41-77-58(71)46-27-16-13-17-28-46/h13-21,27-32,34,37,42-45,49-50,53-57,61H,10-12,22-26,33,35-36,38-41H2,1-6,8-9H3,(H,64,70)/t45-,49-,50-,53-,54+,55+,56?,57-,61-,83?/m1/s1. The van der Waals surface area contributed by atoms with Crippen LogP contribution in [-0.2, 0) is 42.5 Å². The SMILES string of the molecule is [C-]#[N+]CCCP(O[C@@H]1C(OCCCCCCNC(=O)CCCCO[C@@H]2O[C@H](COC(=O)c3ccccc3)[C@H](OC(=O)c3ccccc3)[C@H](OC(=O)c3ccccc3)[C@H]2C)[C@H](n2ccc(N=CN(C)C)nc2=O)O[C@@H]1CC)N(C(C)C)C(C)C. The van der Waals surface area contributed by atoms with Gasteiger partial charge in [-0.25, -0.2) is 30.7 Å². The molecule has 0 spiro atoms. The van der Waals surface area contributed by atoms with E-state index in [1.54, 1.807) is 121 Å². The number of aromatic nitrogens is 2. The summed E-state index contributed by atoms with van der Waals surface area (Å²) in [6.45, 7) is 21.0. The van der Waals surface area contributed by atoms with Crippen LogP contribution in [-0.4, -0.2) is 157 Å². The van der Waals surface area contributed by atoms with Gasteiger partial charge in [0.05, 0.1) is 29.1 Å². The Morgan fingerprint density at radius 1 is 0.747 bits per heavy atom. The van der Waals surface area contributed by atoms with Crippen molar-refractivity contribution in [2.75, 3.05) is 53.2 Å². The van der Waals surface area contributed by atoms with Gasteiger partial charge in [-0.05, 0) is 102 Å². The number of benzene rings is 3. The van der Waals surface area contributed by atoms with Crippen molar-refractivity contribution in [1.82, 2.24) is 24.4 Å². The lowest BCUT2D eigenvalue weighted by Gasteiger charge is -2.44. The minimum absolute atomic E-state index is 0.0829. The Hall–Kier alpha value is -6.43. The molecule has 0 bridgehead atoms. The predicted octanol–water partition coefficient (Wildman–Crippen LogP) is 9.82. The lowest BCUT2D eigenvalue weighted by Crippen LogP contribution is -2.58. The summed E-state index contributed by atoms with van der Waals surface area (Å²) in [6.07, 6.45) is 3.17. The summed E-state index contributed by atoms with van der Waals surface area (Å²) in [5.41, 5.74) is 0.371. The highest BCUT2D eigenvalue weighted by atomic mass is 31.2. The van der Waals surface area contributed by atoms with Gasteiger partial charge in [-0.15, -0.1) is 0 Å². The summed E-state index contributed by atoms with van der Waals surface area (Å²) in [4.78, 5) is 80.8. The highest BCUT2D eigenvalue weighted by Crippen LogP contribution is 2.50. The van der Waals surface area contributed by atoms with Crippen LogP contribution < -0.4 is 11.0 Å². The van der Waals surface area contributed by atoms with E-state index in [0.29, 0.717) is 62.7 Å². The first-order valence-electron chi connectivity index (χ1n) is 29.0. The van der Waals surface area contributed by atoms with Gasteiger partial charge in [0.15, 0.2) is 24.4 Å². The van der Waals surface area contributed by atoms with Crippen LogP contribution >= 0.6 is 8.30 Å². The molecule has 20 nitrogen and oxygen atoms in total. The van der Waals surface area contributed by atoms with Gasteiger partial charge in [0.1, 0.15) is 39.3 Å². The number of carbonyl (C=O) groups excluding carboxylic acids is 4. The fraction of sp³-hybridized carbons (Fsp3) is 0.548. The van der Waals surface area contributed by atoms with Gasteiger partial charge in [-0.2, -0.15) is 4.98 Å². The van der Waals surface area contributed by atoms with Crippen molar-refractivity contribution in [3.8, 4) is 0 Å². The van der Waals surface area contributed by atoms with Crippen LogP contribution in [0, 0.1) is 12.5 Å². The van der Waals surface area contributed by atoms with Crippen molar-refractivity contribution in [3.63, 3.8) is 0 Å². The quantitative estimate of drug-likeness (QED) is 0.00894. The Balaban J connectivity index is 1.00. The maximum absolute atomic E-state index is 13.6. The molecule has 10 atom stereocenters. The molecule has 2 saturated heterocycles. The zero-order chi connectivity index (χ0) is 59.7. The summed E-state index contributed by atoms with van der Waals surface area (Å²) >= 11 is 0. The zero-order valence-corrected chi connectivity index (χ0v) is 50.2. The van der Waals surface area contributed by atoms with Crippen LogP contribution in [0.15, 0.2) is 113 Å². The van der Waals surface area contributed by atoms with E-state index >= 15 is 0 Å². The second-order valence-corrected chi connectivity index (χ2v) is 23.2. The van der Waals surface area contributed by atoms with Crippen molar-refractivity contribution in [2.45, 2.75) is 161 Å². The van der Waals surface area contributed by atoms with Crippen LogP contribution in [0.2, 0.25) is 0 Å². The lowest BCUT2D eigenvalue weighted by molar-refractivity contribution is -0.281. The number of rotatable bonds is 33. The third-order valence-electron chi connectivity index (χ3n) is 14.0. The highest BCUT2D eigenvalue weighted by molar-refractivity contribution is 7.50. The number of nitrogens with zero attached hydrogens (tertiary/aromatic N) is 6. The van der Waals surface area contributed by atoms with Crippen molar-refractivity contribution in [1.29, 1.82) is 0 Å². The molecule has 0 radical (unpaired) electrons. The Kier molecular flexibility index (Phi) is 27.2. The number of hydrogen-bond acceptors (Lipinski definition) is 16. The molecule has 2 aliphatic heterocycles. The molecule has 2 aliphatic rings. The van der Waals surface area contributed by atoms with E-state index in [9.17, 15) is 24.0 Å². The largest absolute Gasteiger partial charge is 0.459 e. The van der Waals surface area contributed by atoms with E-state index < -0.39 is 80.9 Å². The molecular weight excluding hydrogens is 1080 g/mol. The van der Waals surface area contributed by atoms with Crippen molar-refractivity contribution in [3.05, 3.63) is 142 Å². The number of amides is 1. The van der Waals surface area contributed by atoms with Crippen LogP contribution in [0.4, 0.5) is 5.82 Å². The third kappa shape index (κ3) is 20.1. The van der Waals surface area contributed by atoms with Crippen LogP contribution in [0.3, 0.4) is 0 Å². The van der Waals surface area contributed by atoms with Gasteiger partial charge >= 0.3 is 23.6 Å². The summed E-state index contributed by atoms with van der Waals surface area (Å²) < 4.78 is 54.9. The Bertz CT molecular complexity index is 2740. The molecule has 1 aromatic heterocycles. The molecule has 4 aromatic rings. The zero-order valence-electron chi connectivity index (χ0n) is 49.3. The normalized spacial score (nSPS) is 21.9. The van der Waals surface area contributed by atoms with E-state index in [4.69, 9.17) is 44.3 Å². The predicted molar refractivity (Wildman–Crippen MR) is 316 cm³/mol. The Morgan fingerprint density at radius 2 is 1.34 bits per heavy atom. The molecule has 450 valence electrons. The van der Waals surface area contributed by atoms with Crippen molar-refractivity contribution >= 4 is 44.3 Å². The second-order valence-electron chi connectivity index (χ2n) is 21.4. The first-order valence-corrected chi connectivity index (χ1v) is 30.4. The van der Waals surface area contributed by atoms with Crippen molar-refractivity contribution in [2.24, 2.45) is 10.9 Å². The highest BCUT2D eigenvalue weighted by Gasteiger charge is 2.51. The smallest absolute Gasteiger partial charge is 0.351 e. The number of unbranched alkanes of at least 4 members (excludes halogenated alkanes) is 4. The number of ether oxygens (including phenoxy) is 7. The third-order valence-corrected chi connectivity index (χ3v) is 16.6. The topological polar surface area (TPSA) is 212 Å². The molecule has 0 saturated carbocycles. The van der Waals surface area contributed by atoms with Gasteiger partial charge < -0.3 is 52.7 Å². The molecule has 21 heteroatoms. The molecule has 3 aromatic carbocycles. The molecule has 2 unspecified atom stereocenters. The van der Waals surface area contributed by atoms with E-state index in [-0.39, 0.29) is 55.1 Å². The van der Waals surface area contributed by atoms with Crippen molar-refractivity contribution < 1.29 is 56.9 Å². The molecule has 1 N–H and O–H groups in total. The number of esters is 3. The lowest BCUT2D eigenvalue weighted by atomic mass is 9.91. The van der Waals surface area contributed by atoms with Gasteiger partial charge in [0.25, 0.3) is 0 Å². The summed E-state index contributed by atoms with van der Waals surface area (Å²) in [6, 6.07) is 27.4. The average Bonchev–Trinajstić information content (AvgIpc) is 3.45. The number of aliphatic imine (C=N–C) groups is 1. The first kappa shape index (κ1) is 65.7. The fourth-order valence-electron chi connectivity index (χ4n) is 9.90. The summed E-state index contributed by atoms with van der Waals surface area (Å²) in [7, 11) is 2.52. The van der Waals surface area contributed by atoms with E-state index in [0.717, 1.165) is 25.7 Å². The Labute approximate surface area is 490 Å². The molecule has 83 heavy (non-hydrogen) atoms. The Morgan fingerprint density at radius 3 is 1.93 bits per heavy atom. The van der Waals surface area contributed by atoms with Gasteiger partial charge in [-0.3, -0.25) is 14.0 Å². The van der Waals surface area contributed by atoms with Gasteiger partial charge in [0, 0.05) is 77.1 Å². The molecular formula is C62H84N7O13P. The maximum atomic E-state index is 13.6. The minimum Gasteiger partial charge on any atom is -0.459 e.